The van der Waals surface area contributed by atoms with Crippen LogP contribution in [-0.4, -0.2) is 23.2 Å². The average molecular weight is 248 g/mol. The summed E-state index contributed by atoms with van der Waals surface area (Å²) in [7, 11) is 2.12. The number of aliphatic hydroxyl groups is 1. The predicted octanol–water partition coefficient (Wildman–Crippen LogP) is 3.15. The van der Waals surface area contributed by atoms with Crippen LogP contribution in [0.1, 0.15) is 51.2 Å². The minimum absolute atomic E-state index is 0.426. The molecule has 18 heavy (non-hydrogen) atoms. The second-order valence-electron chi connectivity index (χ2n) is 5.66. The maximum atomic E-state index is 9.64. The van der Waals surface area contributed by atoms with Crippen LogP contribution in [0.5, 0.6) is 0 Å². The Kier molecular flexibility index (Phi) is 4.23. The van der Waals surface area contributed by atoms with E-state index in [2.05, 4.69) is 23.9 Å². The van der Waals surface area contributed by atoms with Crippen molar-refractivity contribution in [2.75, 3.05) is 11.9 Å². The Morgan fingerprint density at radius 3 is 2.89 bits per heavy atom. The van der Waals surface area contributed by atoms with Gasteiger partial charge in [0.2, 0.25) is 0 Å². The molecule has 100 valence electrons. The number of aliphatic hydroxyl groups excluding tert-OH is 1. The number of rotatable bonds is 3. The fourth-order valence-corrected chi connectivity index (χ4v) is 2.83. The highest BCUT2D eigenvalue weighted by molar-refractivity contribution is 5.41. The number of anilines is 1. The first-order valence-electron chi connectivity index (χ1n) is 6.94. The van der Waals surface area contributed by atoms with Crippen molar-refractivity contribution in [3.63, 3.8) is 0 Å². The van der Waals surface area contributed by atoms with E-state index in [9.17, 15) is 5.11 Å². The first kappa shape index (κ1) is 13.3. The summed E-state index contributed by atoms with van der Waals surface area (Å²) in [5, 5.41) is 9.64. The normalized spacial score (nSPS) is 25.8. The molecule has 0 aromatic carbocycles. The van der Waals surface area contributed by atoms with Crippen LogP contribution in [-0.2, 0) is 0 Å². The molecule has 1 saturated carbocycles. The Bertz CT molecular complexity index is 392. The van der Waals surface area contributed by atoms with E-state index >= 15 is 0 Å². The lowest BCUT2D eigenvalue weighted by molar-refractivity contribution is 0.199. The van der Waals surface area contributed by atoms with Crippen LogP contribution in [0.15, 0.2) is 18.3 Å². The van der Waals surface area contributed by atoms with Gasteiger partial charge in [-0.15, -0.1) is 0 Å². The molecule has 3 nitrogen and oxygen atoms in total. The third-order valence-electron chi connectivity index (χ3n) is 4.07. The van der Waals surface area contributed by atoms with Crippen molar-refractivity contribution in [2.24, 2.45) is 5.92 Å². The Morgan fingerprint density at radius 1 is 1.44 bits per heavy atom. The highest BCUT2D eigenvalue weighted by Gasteiger charge is 2.23. The quantitative estimate of drug-likeness (QED) is 0.892. The van der Waals surface area contributed by atoms with Crippen LogP contribution in [0.25, 0.3) is 0 Å². The van der Waals surface area contributed by atoms with Gasteiger partial charge in [0.1, 0.15) is 5.82 Å². The van der Waals surface area contributed by atoms with Gasteiger partial charge in [0.05, 0.1) is 6.10 Å². The van der Waals surface area contributed by atoms with Crippen molar-refractivity contribution in [1.82, 2.24) is 4.98 Å². The molecular formula is C15H24N2O. The maximum absolute atomic E-state index is 9.64. The summed E-state index contributed by atoms with van der Waals surface area (Å²) in [6.07, 6.45) is 6.53. The molecule has 1 aliphatic carbocycles. The average Bonchev–Trinajstić information content (AvgIpc) is 2.38. The van der Waals surface area contributed by atoms with Crippen molar-refractivity contribution in [1.29, 1.82) is 0 Å². The lowest BCUT2D eigenvalue weighted by Gasteiger charge is -2.35. The van der Waals surface area contributed by atoms with Gasteiger partial charge in [-0.1, -0.05) is 19.8 Å². The second-order valence-corrected chi connectivity index (χ2v) is 5.66. The highest BCUT2D eigenvalue weighted by Crippen LogP contribution is 2.29. The maximum Gasteiger partial charge on any atom is 0.128 e. The third kappa shape index (κ3) is 3.02. The van der Waals surface area contributed by atoms with Gasteiger partial charge in [-0.3, -0.25) is 0 Å². The fraction of sp³-hybridized carbons (Fsp3) is 0.667. The summed E-state index contributed by atoms with van der Waals surface area (Å²) < 4.78 is 0. The number of hydrogen-bond acceptors (Lipinski definition) is 3. The zero-order valence-electron chi connectivity index (χ0n) is 11.6. The van der Waals surface area contributed by atoms with Crippen LogP contribution in [0, 0.1) is 5.92 Å². The number of aromatic nitrogens is 1. The van der Waals surface area contributed by atoms with E-state index in [1.54, 1.807) is 13.1 Å². The van der Waals surface area contributed by atoms with Gasteiger partial charge in [0.25, 0.3) is 0 Å². The first-order valence-corrected chi connectivity index (χ1v) is 6.94. The number of pyridine rings is 1. The van der Waals surface area contributed by atoms with Crippen LogP contribution < -0.4 is 4.90 Å². The molecule has 1 aromatic rings. The summed E-state index contributed by atoms with van der Waals surface area (Å²) in [5.74, 6) is 1.79. The molecule has 0 amide bonds. The van der Waals surface area contributed by atoms with Gasteiger partial charge in [-0.05, 0) is 43.4 Å². The van der Waals surface area contributed by atoms with E-state index in [4.69, 9.17) is 0 Å². The Morgan fingerprint density at radius 2 is 2.22 bits per heavy atom. The molecule has 3 heteroatoms. The van der Waals surface area contributed by atoms with Crippen LogP contribution in [0.3, 0.4) is 0 Å². The van der Waals surface area contributed by atoms with E-state index in [0.29, 0.717) is 6.04 Å². The number of hydrogen-bond donors (Lipinski definition) is 1. The molecule has 1 aliphatic rings. The number of nitrogens with zero attached hydrogens (tertiary/aromatic N) is 2. The summed E-state index contributed by atoms with van der Waals surface area (Å²) in [6, 6.07) is 4.47. The summed E-state index contributed by atoms with van der Waals surface area (Å²) in [4.78, 5) is 6.72. The van der Waals surface area contributed by atoms with E-state index in [-0.39, 0.29) is 0 Å². The van der Waals surface area contributed by atoms with Gasteiger partial charge in [0, 0.05) is 19.3 Å². The van der Waals surface area contributed by atoms with Gasteiger partial charge < -0.3 is 10.0 Å². The van der Waals surface area contributed by atoms with Crippen LogP contribution >= 0.6 is 0 Å². The molecule has 0 radical (unpaired) electrons. The molecule has 0 aliphatic heterocycles. The molecule has 0 saturated heterocycles. The third-order valence-corrected chi connectivity index (χ3v) is 4.07. The molecule has 1 fully saturated rings. The minimum atomic E-state index is -0.426. The van der Waals surface area contributed by atoms with Crippen molar-refractivity contribution in [3.8, 4) is 0 Å². The van der Waals surface area contributed by atoms with Crippen LogP contribution in [0.4, 0.5) is 5.82 Å². The van der Waals surface area contributed by atoms with Gasteiger partial charge in [-0.2, -0.15) is 0 Å². The standard InChI is InChI=1S/C15H24N2O/c1-11-5-4-6-14(9-11)17(3)15-10-13(12(2)18)7-8-16-15/h7-8,10-12,14,18H,4-6,9H2,1-3H3. The van der Waals surface area contributed by atoms with Crippen molar-refractivity contribution in [2.45, 2.75) is 51.7 Å². The van der Waals surface area contributed by atoms with Gasteiger partial charge >= 0.3 is 0 Å². The SMILES string of the molecule is CC1CCCC(N(C)c2cc(C(C)O)ccn2)C1. The highest BCUT2D eigenvalue weighted by atomic mass is 16.3. The molecule has 3 unspecified atom stereocenters. The summed E-state index contributed by atoms with van der Waals surface area (Å²) in [5.41, 5.74) is 0.940. The molecule has 0 spiro atoms. The lowest BCUT2D eigenvalue weighted by Crippen LogP contribution is -2.36. The molecule has 3 atom stereocenters. The van der Waals surface area contributed by atoms with Crippen molar-refractivity contribution in [3.05, 3.63) is 23.9 Å². The summed E-state index contributed by atoms with van der Waals surface area (Å²) in [6.45, 7) is 4.13. The zero-order chi connectivity index (χ0) is 13.1. The van der Waals surface area contributed by atoms with Crippen molar-refractivity contribution >= 4 is 5.82 Å². The largest absolute Gasteiger partial charge is 0.389 e. The second kappa shape index (κ2) is 5.70. The monoisotopic (exact) mass is 248 g/mol. The molecule has 1 N–H and O–H groups in total. The minimum Gasteiger partial charge on any atom is -0.389 e. The molecule has 0 bridgehead atoms. The Balaban J connectivity index is 2.12. The van der Waals surface area contributed by atoms with Gasteiger partial charge in [-0.25, -0.2) is 4.98 Å². The molecule has 1 heterocycles. The Hall–Kier alpha value is -1.09. The predicted molar refractivity (Wildman–Crippen MR) is 74.7 cm³/mol. The zero-order valence-corrected chi connectivity index (χ0v) is 11.6. The van der Waals surface area contributed by atoms with Gasteiger partial charge in [0.15, 0.2) is 0 Å². The van der Waals surface area contributed by atoms with Crippen molar-refractivity contribution < 1.29 is 5.11 Å². The smallest absolute Gasteiger partial charge is 0.128 e. The van der Waals surface area contributed by atoms with E-state index in [1.165, 1.54) is 25.7 Å². The molecule has 1 aromatic heterocycles. The topological polar surface area (TPSA) is 36.4 Å². The molecular weight excluding hydrogens is 224 g/mol. The Labute approximate surface area is 110 Å². The van der Waals surface area contributed by atoms with E-state index in [0.717, 1.165) is 17.3 Å². The van der Waals surface area contributed by atoms with E-state index in [1.807, 2.05) is 12.1 Å². The van der Waals surface area contributed by atoms with E-state index < -0.39 is 6.10 Å². The lowest BCUT2D eigenvalue weighted by atomic mass is 9.86. The fourth-order valence-electron chi connectivity index (χ4n) is 2.83. The first-order chi connectivity index (χ1) is 8.58. The molecule has 2 rings (SSSR count). The van der Waals surface area contributed by atoms with Crippen LogP contribution in [0.2, 0.25) is 0 Å². The summed E-state index contributed by atoms with van der Waals surface area (Å²) >= 11 is 0.